The van der Waals surface area contributed by atoms with E-state index in [0.717, 1.165) is 42.9 Å². The third kappa shape index (κ3) is 3.85. The average molecular weight is 404 g/mol. The van der Waals surface area contributed by atoms with Crippen LogP contribution in [0.15, 0.2) is 60.7 Å². The summed E-state index contributed by atoms with van der Waals surface area (Å²) >= 11 is 1.77. The summed E-state index contributed by atoms with van der Waals surface area (Å²) in [7, 11) is 0. The molecule has 3 heterocycles. The number of amides is 1. The van der Waals surface area contributed by atoms with Crippen molar-refractivity contribution in [3.8, 4) is 0 Å². The molecule has 1 aromatic heterocycles. The maximum Gasteiger partial charge on any atom is 0.237 e. The molecule has 0 saturated carbocycles. The molecule has 1 fully saturated rings. The molecule has 3 aromatic rings. The summed E-state index contributed by atoms with van der Waals surface area (Å²) in [6.45, 7) is 2.99. The molecule has 5 rings (SSSR count). The van der Waals surface area contributed by atoms with Crippen LogP contribution in [0.3, 0.4) is 0 Å². The van der Waals surface area contributed by atoms with Gasteiger partial charge in [-0.1, -0.05) is 48.5 Å². The van der Waals surface area contributed by atoms with E-state index in [1.54, 1.807) is 11.3 Å². The summed E-state index contributed by atoms with van der Waals surface area (Å²) in [5.74, 6) is 0.237. The highest BCUT2D eigenvalue weighted by Crippen LogP contribution is 2.36. The van der Waals surface area contributed by atoms with Gasteiger partial charge in [-0.2, -0.15) is 0 Å². The topological polar surface area (TPSA) is 36.4 Å². The fraction of sp³-hybridized carbons (Fsp3) is 0.333. The third-order valence-corrected chi connectivity index (χ3v) is 7.14. The normalized spacial score (nSPS) is 20.2. The van der Waals surface area contributed by atoms with Crippen LogP contribution in [-0.4, -0.2) is 46.9 Å². The Labute approximate surface area is 175 Å². The van der Waals surface area contributed by atoms with Gasteiger partial charge in [-0.3, -0.25) is 9.69 Å². The number of likely N-dealkylation sites (tertiary alicyclic amines) is 1. The molecule has 0 unspecified atom stereocenters. The van der Waals surface area contributed by atoms with E-state index >= 15 is 0 Å². The molecule has 0 N–H and O–H groups in total. The minimum atomic E-state index is 0.237. The Bertz CT molecular complexity index is 1010. The first-order valence-corrected chi connectivity index (χ1v) is 11.2. The van der Waals surface area contributed by atoms with Gasteiger partial charge in [0, 0.05) is 13.1 Å². The molecule has 1 saturated heterocycles. The number of aromatic nitrogens is 1. The van der Waals surface area contributed by atoms with E-state index in [-0.39, 0.29) is 11.9 Å². The Morgan fingerprint density at radius 2 is 1.90 bits per heavy atom. The molecule has 2 aliphatic heterocycles. The van der Waals surface area contributed by atoms with Gasteiger partial charge in [0.2, 0.25) is 5.91 Å². The van der Waals surface area contributed by atoms with Crippen molar-refractivity contribution in [2.45, 2.75) is 25.3 Å². The molecule has 2 aromatic carbocycles. The van der Waals surface area contributed by atoms with Crippen LogP contribution in [0.2, 0.25) is 0 Å². The van der Waals surface area contributed by atoms with Crippen molar-refractivity contribution in [1.82, 2.24) is 14.8 Å². The standard InChI is InChI=1S/C24H25N3OS/c28-23(26-15-12-19(13-16-26)18-7-2-1-3-8-18)17-27-14-6-10-21(27)24-25-20-9-4-5-11-22(20)29-24/h1-5,7-9,11-12,21H,6,10,13-17H2/t21-/m1/s1. The van der Waals surface area contributed by atoms with Gasteiger partial charge in [0.25, 0.3) is 0 Å². The van der Waals surface area contributed by atoms with E-state index in [1.165, 1.54) is 15.8 Å². The van der Waals surface area contributed by atoms with Crippen LogP contribution in [0.25, 0.3) is 15.8 Å². The van der Waals surface area contributed by atoms with Crippen LogP contribution in [0, 0.1) is 0 Å². The summed E-state index contributed by atoms with van der Waals surface area (Å²) < 4.78 is 1.23. The lowest BCUT2D eigenvalue weighted by molar-refractivity contribution is -0.132. The first-order chi connectivity index (χ1) is 14.3. The number of thiazole rings is 1. The molecule has 4 nitrogen and oxygen atoms in total. The zero-order valence-electron chi connectivity index (χ0n) is 16.5. The number of nitrogens with zero attached hydrogens (tertiary/aromatic N) is 3. The summed E-state index contributed by atoms with van der Waals surface area (Å²) in [6.07, 6.45) is 5.36. The van der Waals surface area contributed by atoms with Gasteiger partial charge < -0.3 is 4.90 Å². The van der Waals surface area contributed by atoms with E-state index in [9.17, 15) is 4.79 Å². The van der Waals surface area contributed by atoms with Gasteiger partial charge in [-0.25, -0.2) is 4.98 Å². The van der Waals surface area contributed by atoms with Crippen molar-refractivity contribution in [3.05, 3.63) is 71.2 Å². The lowest BCUT2D eigenvalue weighted by Gasteiger charge is -2.30. The molecule has 5 heteroatoms. The Morgan fingerprint density at radius 3 is 2.69 bits per heavy atom. The highest BCUT2D eigenvalue weighted by atomic mass is 32.1. The Balaban J connectivity index is 1.25. The Kier molecular flexibility index (Phi) is 5.17. The second-order valence-electron chi connectivity index (χ2n) is 7.83. The van der Waals surface area contributed by atoms with Crippen molar-refractivity contribution in [2.24, 2.45) is 0 Å². The molecule has 0 radical (unpaired) electrons. The zero-order valence-corrected chi connectivity index (χ0v) is 17.3. The molecular formula is C24H25N3OS. The van der Waals surface area contributed by atoms with Crippen LogP contribution in [0.1, 0.15) is 35.9 Å². The van der Waals surface area contributed by atoms with E-state index in [4.69, 9.17) is 4.98 Å². The first-order valence-electron chi connectivity index (χ1n) is 10.4. The van der Waals surface area contributed by atoms with Crippen LogP contribution < -0.4 is 0 Å². The van der Waals surface area contributed by atoms with Gasteiger partial charge >= 0.3 is 0 Å². The van der Waals surface area contributed by atoms with Crippen molar-refractivity contribution < 1.29 is 4.79 Å². The quantitative estimate of drug-likeness (QED) is 0.631. The third-order valence-electron chi connectivity index (χ3n) is 6.00. The minimum absolute atomic E-state index is 0.237. The van der Waals surface area contributed by atoms with Gasteiger partial charge in [0.1, 0.15) is 5.01 Å². The van der Waals surface area contributed by atoms with Crippen LogP contribution in [0.5, 0.6) is 0 Å². The van der Waals surface area contributed by atoms with Gasteiger partial charge in [0.05, 0.1) is 22.8 Å². The minimum Gasteiger partial charge on any atom is -0.338 e. The predicted molar refractivity (Wildman–Crippen MR) is 119 cm³/mol. The van der Waals surface area contributed by atoms with Crippen LogP contribution in [0.4, 0.5) is 0 Å². The molecule has 0 bridgehead atoms. The molecule has 1 amide bonds. The number of hydrogen-bond donors (Lipinski definition) is 0. The molecule has 0 spiro atoms. The van der Waals surface area contributed by atoms with Gasteiger partial charge in [-0.15, -0.1) is 11.3 Å². The van der Waals surface area contributed by atoms with Crippen LogP contribution >= 0.6 is 11.3 Å². The number of hydrogen-bond acceptors (Lipinski definition) is 4. The summed E-state index contributed by atoms with van der Waals surface area (Å²) in [4.78, 5) is 22.2. The molecule has 148 valence electrons. The van der Waals surface area contributed by atoms with Gasteiger partial charge in [-0.05, 0) is 49.1 Å². The maximum absolute atomic E-state index is 13.0. The second kappa shape index (κ2) is 8.09. The van der Waals surface area contributed by atoms with E-state index in [0.29, 0.717) is 13.1 Å². The number of rotatable bonds is 4. The van der Waals surface area contributed by atoms with E-state index in [1.807, 2.05) is 17.0 Å². The summed E-state index contributed by atoms with van der Waals surface area (Å²) in [6, 6.07) is 19.1. The molecule has 2 aliphatic rings. The van der Waals surface area contributed by atoms with Crippen molar-refractivity contribution in [2.75, 3.05) is 26.2 Å². The maximum atomic E-state index is 13.0. The fourth-order valence-electron chi connectivity index (χ4n) is 4.41. The van der Waals surface area contributed by atoms with Crippen molar-refractivity contribution in [3.63, 3.8) is 0 Å². The van der Waals surface area contributed by atoms with E-state index in [2.05, 4.69) is 53.4 Å². The first kappa shape index (κ1) is 18.5. The molecule has 29 heavy (non-hydrogen) atoms. The smallest absolute Gasteiger partial charge is 0.237 e. The van der Waals surface area contributed by atoms with Gasteiger partial charge in [0.15, 0.2) is 0 Å². The SMILES string of the molecule is O=C(CN1CCC[C@@H]1c1nc2ccccc2s1)N1CC=C(c2ccccc2)CC1. The average Bonchev–Trinajstić information content (AvgIpc) is 3.41. The van der Waals surface area contributed by atoms with Crippen molar-refractivity contribution in [1.29, 1.82) is 0 Å². The second-order valence-corrected chi connectivity index (χ2v) is 8.90. The number of carbonyl (C=O) groups excluding carboxylic acids is 1. The fourth-order valence-corrected chi connectivity index (χ4v) is 5.55. The molecule has 1 atom stereocenters. The lowest BCUT2D eigenvalue weighted by atomic mass is 9.99. The number of para-hydroxylation sites is 1. The summed E-state index contributed by atoms with van der Waals surface area (Å²) in [5, 5.41) is 1.15. The number of fused-ring (bicyclic) bond motifs is 1. The lowest BCUT2D eigenvalue weighted by Crippen LogP contribution is -2.42. The largest absolute Gasteiger partial charge is 0.338 e. The monoisotopic (exact) mass is 403 g/mol. The highest BCUT2D eigenvalue weighted by Gasteiger charge is 2.31. The zero-order chi connectivity index (χ0) is 19.6. The molecule has 0 aliphatic carbocycles. The summed E-state index contributed by atoms with van der Waals surface area (Å²) in [5.41, 5.74) is 3.69. The predicted octanol–water partition coefficient (Wildman–Crippen LogP) is 4.75. The Morgan fingerprint density at radius 1 is 1.07 bits per heavy atom. The van der Waals surface area contributed by atoms with Crippen molar-refractivity contribution >= 4 is 33.0 Å². The number of carbonyl (C=O) groups is 1. The Hall–Kier alpha value is -2.50. The number of benzene rings is 2. The molecular weight excluding hydrogens is 378 g/mol. The highest BCUT2D eigenvalue weighted by molar-refractivity contribution is 7.18. The van der Waals surface area contributed by atoms with Crippen LogP contribution in [-0.2, 0) is 4.79 Å². The van der Waals surface area contributed by atoms with E-state index < -0.39 is 0 Å².